The summed E-state index contributed by atoms with van der Waals surface area (Å²) >= 11 is 1.40. The molecule has 0 fully saturated rings. The number of thioether (sulfide) groups is 1. The lowest BCUT2D eigenvalue weighted by atomic mass is 9.99. The predicted molar refractivity (Wildman–Crippen MR) is 141 cm³/mol. The van der Waals surface area contributed by atoms with Gasteiger partial charge in [-0.05, 0) is 49.1 Å². The molecular weight excluding hydrogens is 494 g/mol. The fourth-order valence-electron chi connectivity index (χ4n) is 4.69. The van der Waals surface area contributed by atoms with Crippen molar-refractivity contribution in [2.24, 2.45) is 0 Å². The van der Waals surface area contributed by atoms with Crippen molar-refractivity contribution in [1.29, 1.82) is 0 Å². The Balaban J connectivity index is 1.55. The van der Waals surface area contributed by atoms with Crippen molar-refractivity contribution in [3.8, 4) is 0 Å². The van der Waals surface area contributed by atoms with E-state index < -0.39 is 23.8 Å². The first-order valence-corrected chi connectivity index (χ1v) is 13.2. The molecular formula is C29H26F2N2O3S. The minimum absolute atomic E-state index is 0.0730. The number of carbonyl (C=O) groups is 2. The molecule has 0 aromatic heterocycles. The van der Waals surface area contributed by atoms with Crippen molar-refractivity contribution in [3.05, 3.63) is 102 Å². The Hall–Kier alpha value is -3.65. The number of ether oxygens (including phenoxy) is 1. The molecule has 0 bridgehead atoms. The van der Waals surface area contributed by atoms with Crippen LogP contribution in [0.25, 0.3) is 0 Å². The molecule has 0 N–H and O–H groups in total. The summed E-state index contributed by atoms with van der Waals surface area (Å²) in [6.07, 6.45) is 5.76. The van der Waals surface area contributed by atoms with Gasteiger partial charge < -0.3 is 9.64 Å². The lowest BCUT2D eigenvalue weighted by Gasteiger charge is -2.36. The molecule has 37 heavy (non-hydrogen) atoms. The van der Waals surface area contributed by atoms with Crippen molar-refractivity contribution in [2.75, 3.05) is 15.6 Å². The van der Waals surface area contributed by atoms with Crippen LogP contribution in [0.15, 0.2) is 89.8 Å². The van der Waals surface area contributed by atoms with Crippen molar-refractivity contribution < 1.29 is 23.1 Å². The second-order valence-electron chi connectivity index (χ2n) is 8.94. The van der Waals surface area contributed by atoms with E-state index in [0.29, 0.717) is 0 Å². The number of hydrogen-bond donors (Lipinski definition) is 0. The number of benzene rings is 3. The molecule has 3 aromatic rings. The summed E-state index contributed by atoms with van der Waals surface area (Å²) in [6.45, 7) is -0.0730. The van der Waals surface area contributed by atoms with Crippen molar-refractivity contribution in [2.45, 2.75) is 42.8 Å². The van der Waals surface area contributed by atoms with Crippen LogP contribution in [0.5, 0.6) is 0 Å². The number of rotatable bonds is 5. The minimum atomic E-state index is -1.12. The molecule has 0 saturated carbocycles. The Bertz CT molecular complexity index is 1320. The maximum atomic E-state index is 15.1. The Morgan fingerprint density at radius 2 is 1.84 bits per heavy atom. The standard InChI is InChI=1S/C29H26F2N2O3S/c30-21-15-16-23(31)25(17-21)33(29(35)36-18-20-9-3-1-4-10-20)26-19-37-27-14-8-7-13-24(27)32(28(26)34)22-11-5-2-6-12-22/h1,3-5,7-11,13-17,22,26H,2,6,12,18-19H2. The van der Waals surface area contributed by atoms with Gasteiger partial charge in [-0.1, -0.05) is 54.6 Å². The van der Waals surface area contributed by atoms with Crippen LogP contribution in [0.2, 0.25) is 0 Å². The first-order chi connectivity index (χ1) is 18.0. The second kappa shape index (κ2) is 11.2. The molecule has 0 spiro atoms. The van der Waals surface area contributed by atoms with E-state index in [-0.39, 0.29) is 30.0 Å². The fraction of sp³-hybridized carbons (Fsp3) is 0.241. The first-order valence-electron chi connectivity index (χ1n) is 12.2. The number of fused-ring (bicyclic) bond motifs is 1. The van der Waals surface area contributed by atoms with Crippen LogP contribution >= 0.6 is 11.8 Å². The van der Waals surface area contributed by atoms with Crippen LogP contribution in [0, 0.1) is 11.6 Å². The van der Waals surface area contributed by atoms with Gasteiger partial charge in [0.15, 0.2) is 0 Å². The molecule has 190 valence electrons. The van der Waals surface area contributed by atoms with Crippen molar-refractivity contribution in [1.82, 2.24) is 0 Å². The van der Waals surface area contributed by atoms with Crippen LogP contribution in [0.3, 0.4) is 0 Å². The maximum absolute atomic E-state index is 15.1. The summed E-state index contributed by atoms with van der Waals surface area (Å²) in [7, 11) is 0. The molecule has 3 aromatic carbocycles. The lowest BCUT2D eigenvalue weighted by molar-refractivity contribution is -0.119. The third kappa shape index (κ3) is 5.39. The van der Waals surface area contributed by atoms with Gasteiger partial charge in [0.25, 0.3) is 5.91 Å². The van der Waals surface area contributed by atoms with E-state index in [9.17, 15) is 14.0 Å². The average molecular weight is 521 g/mol. The summed E-state index contributed by atoms with van der Waals surface area (Å²) in [5, 5.41) is 0. The Morgan fingerprint density at radius 3 is 2.62 bits per heavy atom. The molecule has 2 unspecified atom stereocenters. The molecule has 8 heteroatoms. The van der Waals surface area contributed by atoms with Crippen LogP contribution in [0.4, 0.5) is 25.0 Å². The van der Waals surface area contributed by atoms with E-state index in [4.69, 9.17) is 4.74 Å². The highest BCUT2D eigenvalue weighted by Crippen LogP contribution is 2.39. The number of halogens is 2. The monoisotopic (exact) mass is 520 g/mol. The number of para-hydroxylation sites is 1. The topological polar surface area (TPSA) is 49.9 Å². The zero-order chi connectivity index (χ0) is 25.8. The van der Waals surface area contributed by atoms with Gasteiger partial charge in [0.2, 0.25) is 0 Å². The third-order valence-electron chi connectivity index (χ3n) is 6.49. The number of allylic oxidation sites excluding steroid dienone is 1. The molecule has 1 aliphatic heterocycles. The van der Waals surface area contributed by atoms with E-state index in [0.717, 1.165) is 58.5 Å². The Labute approximate surface area is 218 Å². The normalized spacial score (nSPS) is 19.2. The van der Waals surface area contributed by atoms with E-state index in [2.05, 4.69) is 6.08 Å². The number of carbonyl (C=O) groups excluding carboxylic acids is 2. The van der Waals surface area contributed by atoms with Crippen LogP contribution < -0.4 is 9.80 Å². The van der Waals surface area contributed by atoms with Crippen molar-refractivity contribution in [3.63, 3.8) is 0 Å². The smallest absolute Gasteiger partial charge is 0.415 e. The third-order valence-corrected chi connectivity index (χ3v) is 7.62. The van der Waals surface area contributed by atoms with Gasteiger partial charge >= 0.3 is 6.09 Å². The fourth-order valence-corrected chi connectivity index (χ4v) is 5.81. The average Bonchev–Trinajstić information content (AvgIpc) is 3.07. The summed E-state index contributed by atoms with van der Waals surface area (Å²) in [4.78, 5) is 31.3. The second-order valence-corrected chi connectivity index (χ2v) is 10.00. The molecule has 2 aliphatic rings. The van der Waals surface area contributed by atoms with E-state index in [1.165, 1.54) is 11.8 Å². The number of amides is 2. The summed E-state index contributed by atoms with van der Waals surface area (Å²) in [5.41, 5.74) is 1.15. The van der Waals surface area contributed by atoms with Crippen LogP contribution in [-0.4, -0.2) is 29.8 Å². The van der Waals surface area contributed by atoms with Crippen LogP contribution in [-0.2, 0) is 16.1 Å². The minimum Gasteiger partial charge on any atom is -0.444 e. The van der Waals surface area contributed by atoms with Gasteiger partial charge in [-0.25, -0.2) is 13.6 Å². The molecule has 5 rings (SSSR count). The quantitative estimate of drug-likeness (QED) is 0.350. The summed E-state index contributed by atoms with van der Waals surface area (Å²) in [5.74, 6) is -1.75. The molecule has 0 radical (unpaired) electrons. The van der Waals surface area contributed by atoms with Crippen LogP contribution in [0.1, 0.15) is 24.8 Å². The van der Waals surface area contributed by atoms with Gasteiger partial charge in [-0.2, -0.15) is 0 Å². The van der Waals surface area contributed by atoms with Gasteiger partial charge in [0, 0.05) is 16.7 Å². The highest BCUT2D eigenvalue weighted by atomic mass is 32.2. The molecule has 5 nitrogen and oxygen atoms in total. The summed E-state index contributed by atoms with van der Waals surface area (Å²) < 4.78 is 34.9. The molecule has 2 atom stereocenters. The largest absolute Gasteiger partial charge is 0.444 e. The number of hydrogen-bond acceptors (Lipinski definition) is 4. The van der Waals surface area contributed by atoms with E-state index in [1.54, 1.807) is 17.0 Å². The van der Waals surface area contributed by atoms with Gasteiger partial charge in [0.1, 0.15) is 24.3 Å². The summed E-state index contributed by atoms with van der Waals surface area (Å²) in [6, 6.07) is 18.1. The van der Waals surface area contributed by atoms with E-state index >= 15 is 4.39 Å². The Kier molecular flexibility index (Phi) is 7.55. The molecule has 2 amide bonds. The maximum Gasteiger partial charge on any atom is 0.415 e. The van der Waals surface area contributed by atoms with Gasteiger partial charge in [-0.3, -0.25) is 9.69 Å². The van der Waals surface area contributed by atoms with Crippen molar-refractivity contribution >= 4 is 35.1 Å². The Morgan fingerprint density at radius 1 is 1.05 bits per heavy atom. The highest BCUT2D eigenvalue weighted by molar-refractivity contribution is 7.99. The highest BCUT2D eigenvalue weighted by Gasteiger charge is 2.41. The lowest BCUT2D eigenvalue weighted by Crippen LogP contribution is -2.55. The SMILES string of the molecule is O=C1C(N(C(=O)OCc2ccccc2)c2cc(F)ccc2F)CSc2ccccc2N1C1C=CCCC1. The number of anilines is 2. The zero-order valence-corrected chi connectivity index (χ0v) is 20.9. The molecule has 0 saturated heterocycles. The first kappa shape index (κ1) is 25.0. The molecule has 1 heterocycles. The molecule has 1 aliphatic carbocycles. The van der Waals surface area contributed by atoms with Gasteiger partial charge in [-0.15, -0.1) is 11.8 Å². The zero-order valence-electron chi connectivity index (χ0n) is 20.1. The van der Waals surface area contributed by atoms with E-state index in [1.807, 2.05) is 48.5 Å². The number of nitrogens with zero attached hydrogens (tertiary/aromatic N) is 2. The predicted octanol–water partition coefficient (Wildman–Crippen LogP) is 6.72. The van der Waals surface area contributed by atoms with Gasteiger partial charge in [0.05, 0.1) is 17.4 Å².